The monoisotopic (exact) mass is 212 g/mol. The van der Waals surface area contributed by atoms with Gasteiger partial charge in [0.15, 0.2) is 4.77 Å². The van der Waals surface area contributed by atoms with Gasteiger partial charge in [0.2, 0.25) is 0 Å². The van der Waals surface area contributed by atoms with E-state index in [1.165, 1.54) is 11.4 Å². The van der Waals surface area contributed by atoms with E-state index in [1.54, 1.807) is 0 Å². The van der Waals surface area contributed by atoms with Crippen LogP contribution in [0.3, 0.4) is 0 Å². The molecule has 3 heteroatoms. The van der Waals surface area contributed by atoms with Gasteiger partial charge in [0.1, 0.15) is 0 Å². The van der Waals surface area contributed by atoms with Crippen molar-refractivity contribution in [3.05, 3.63) is 16.2 Å². The van der Waals surface area contributed by atoms with Gasteiger partial charge in [-0.05, 0) is 53.8 Å². The fraction of sp³-hybridized carbons (Fsp3) is 0.727. The van der Waals surface area contributed by atoms with Crippen molar-refractivity contribution >= 4 is 12.2 Å². The molecule has 14 heavy (non-hydrogen) atoms. The molecule has 0 amide bonds. The quantitative estimate of drug-likeness (QED) is 0.678. The Hall–Kier alpha value is -0.570. The lowest BCUT2D eigenvalue weighted by molar-refractivity contribution is 0.532. The number of aromatic nitrogens is 2. The molecule has 1 aromatic heterocycles. The average molecular weight is 212 g/mol. The van der Waals surface area contributed by atoms with Crippen LogP contribution in [0.25, 0.3) is 0 Å². The van der Waals surface area contributed by atoms with E-state index in [0.29, 0.717) is 12.1 Å². The summed E-state index contributed by atoms with van der Waals surface area (Å²) in [5.74, 6) is 0. The van der Waals surface area contributed by atoms with Crippen LogP contribution in [0.2, 0.25) is 0 Å². The van der Waals surface area contributed by atoms with E-state index in [9.17, 15) is 0 Å². The maximum absolute atomic E-state index is 5.48. The van der Waals surface area contributed by atoms with Gasteiger partial charge in [-0.1, -0.05) is 0 Å². The first-order chi connectivity index (χ1) is 6.37. The van der Waals surface area contributed by atoms with Crippen molar-refractivity contribution in [3.63, 3.8) is 0 Å². The summed E-state index contributed by atoms with van der Waals surface area (Å²) < 4.78 is 5.40. The zero-order chi connectivity index (χ0) is 11.0. The predicted octanol–water partition coefficient (Wildman–Crippen LogP) is 3.80. The van der Waals surface area contributed by atoms with E-state index in [0.717, 1.165) is 4.77 Å². The molecule has 0 aromatic carbocycles. The van der Waals surface area contributed by atoms with Crippen LogP contribution in [0.4, 0.5) is 0 Å². The summed E-state index contributed by atoms with van der Waals surface area (Å²) in [4.78, 5) is 0. The van der Waals surface area contributed by atoms with E-state index >= 15 is 0 Å². The minimum atomic E-state index is 0.446. The van der Waals surface area contributed by atoms with Crippen molar-refractivity contribution in [2.75, 3.05) is 0 Å². The fourth-order valence-electron chi connectivity index (χ4n) is 1.97. The lowest BCUT2D eigenvalue weighted by Gasteiger charge is -2.10. The molecule has 0 aliphatic rings. The highest BCUT2D eigenvalue weighted by molar-refractivity contribution is 7.71. The molecule has 0 aliphatic heterocycles. The third-order valence-electron chi connectivity index (χ3n) is 2.69. The first kappa shape index (κ1) is 11.5. The fourth-order valence-corrected chi connectivity index (χ4v) is 2.66. The summed E-state index contributed by atoms with van der Waals surface area (Å²) in [6, 6.07) is 0.891. The van der Waals surface area contributed by atoms with Crippen LogP contribution >= 0.6 is 12.2 Å². The highest BCUT2D eigenvalue weighted by atomic mass is 32.1. The van der Waals surface area contributed by atoms with Crippen LogP contribution in [0.1, 0.15) is 51.2 Å². The topological polar surface area (TPSA) is 9.86 Å². The Labute approximate surface area is 91.6 Å². The molecule has 0 unspecified atom stereocenters. The van der Waals surface area contributed by atoms with Gasteiger partial charge in [-0.15, -0.1) is 0 Å². The second-order valence-corrected chi connectivity index (χ2v) is 4.75. The molecule has 0 saturated carbocycles. The van der Waals surface area contributed by atoms with Gasteiger partial charge in [-0.3, -0.25) is 0 Å². The van der Waals surface area contributed by atoms with Crippen LogP contribution < -0.4 is 0 Å². The zero-order valence-electron chi connectivity index (χ0n) is 9.96. The van der Waals surface area contributed by atoms with E-state index < -0.39 is 0 Å². The Kier molecular flexibility index (Phi) is 3.20. The summed E-state index contributed by atoms with van der Waals surface area (Å²) in [6.07, 6.45) is 0. The SMILES string of the molecule is Cc1c(C)n(C(C)C)c(=S)n1C(C)C. The number of imidazole rings is 1. The summed E-state index contributed by atoms with van der Waals surface area (Å²) in [7, 11) is 0. The van der Waals surface area contributed by atoms with Gasteiger partial charge in [-0.25, -0.2) is 0 Å². The molecule has 0 saturated heterocycles. The van der Waals surface area contributed by atoms with Gasteiger partial charge in [0.05, 0.1) is 0 Å². The molecular weight excluding hydrogens is 192 g/mol. The van der Waals surface area contributed by atoms with Crippen molar-refractivity contribution in [3.8, 4) is 0 Å². The Balaban J connectivity index is 3.50. The summed E-state index contributed by atoms with van der Waals surface area (Å²) in [5, 5.41) is 0. The molecule has 0 radical (unpaired) electrons. The number of nitrogens with zero attached hydrogens (tertiary/aromatic N) is 2. The number of rotatable bonds is 2. The second-order valence-electron chi connectivity index (χ2n) is 4.38. The number of hydrogen-bond acceptors (Lipinski definition) is 1. The molecule has 0 fully saturated rings. The van der Waals surface area contributed by atoms with Crippen molar-refractivity contribution in [2.45, 2.75) is 53.6 Å². The van der Waals surface area contributed by atoms with Crippen LogP contribution in [-0.2, 0) is 0 Å². The van der Waals surface area contributed by atoms with Gasteiger partial charge in [0.25, 0.3) is 0 Å². The molecule has 0 spiro atoms. The molecule has 80 valence electrons. The van der Waals surface area contributed by atoms with Gasteiger partial charge >= 0.3 is 0 Å². The Morgan fingerprint density at radius 3 is 1.29 bits per heavy atom. The molecule has 1 rings (SSSR count). The van der Waals surface area contributed by atoms with Crippen LogP contribution in [-0.4, -0.2) is 9.13 Å². The van der Waals surface area contributed by atoms with Crippen LogP contribution in [0.5, 0.6) is 0 Å². The van der Waals surface area contributed by atoms with Gasteiger partial charge in [-0.2, -0.15) is 0 Å². The minimum absolute atomic E-state index is 0.446. The highest BCUT2D eigenvalue weighted by Crippen LogP contribution is 2.20. The highest BCUT2D eigenvalue weighted by Gasteiger charge is 2.14. The van der Waals surface area contributed by atoms with Crippen molar-refractivity contribution < 1.29 is 0 Å². The molecule has 0 bridgehead atoms. The van der Waals surface area contributed by atoms with Crippen LogP contribution in [0, 0.1) is 18.6 Å². The largest absolute Gasteiger partial charge is 0.318 e. The third kappa shape index (κ3) is 1.65. The summed E-state index contributed by atoms with van der Waals surface area (Å²) in [5.41, 5.74) is 2.58. The first-order valence-corrected chi connectivity index (χ1v) is 5.58. The van der Waals surface area contributed by atoms with Gasteiger partial charge in [0, 0.05) is 23.5 Å². The van der Waals surface area contributed by atoms with E-state index in [1.807, 2.05) is 0 Å². The normalized spacial score (nSPS) is 11.7. The third-order valence-corrected chi connectivity index (χ3v) is 3.08. The zero-order valence-corrected chi connectivity index (χ0v) is 10.8. The summed E-state index contributed by atoms with van der Waals surface area (Å²) >= 11 is 5.48. The van der Waals surface area contributed by atoms with Crippen molar-refractivity contribution in [1.29, 1.82) is 0 Å². The molecule has 0 N–H and O–H groups in total. The lowest BCUT2D eigenvalue weighted by Crippen LogP contribution is -2.06. The first-order valence-electron chi connectivity index (χ1n) is 5.17. The molecule has 1 heterocycles. The Bertz CT molecular complexity index is 348. The van der Waals surface area contributed by atoms with E-state index in [-0.39, 0.29) is 0 Å². The second kappa shape index (κ2) is 3.89. The standard InChI is InChI=1S/C11H20N2S/c1-7(2)12-9(5)10(6)13(8(3)4)11(12)14/h7-8H,1-6H3. The molecule has 2 nitrogen and oxygen atoms in total. The Morgan fingerprint density at radius 2 is 1.14 bits per heavy atom. The van der Waals surface area contributed by atoms with Crippen molar-refractivity contribution in [2.24, 2.45) is 0 Å². The maximum atomic E-state index is 5.48. The lowest BCUT2D eigenvalue weighted by atomic mass is 10.3. The maximum Gasteiger partial charge on any atom is 0.180 e. The molecular formula is C11H20N2S. The summed E-state index contributed by atoms with van der Waals surface area (Å²) in [6.45, 7) is 13.0. The van der Waals surface area contributed by atoms with E-state index in [4.69, 9.17) is 12.2 Å². The predicted molar refractivity (Wildman–Crippen MR) is 63.5 cm³/mol. The molecule has 0 atom stereocenters. The molecule has 1 aromatic rings. The minimum Gasteiger partial charge on any atom is -0.318 e. The van der Waals surface area contributed by atoms with E-state index in [2.05, 4.69) is 50.7 Å². The van der Waals surface area contributed by atoms with Crippen molar-refractivity contribution in [1.82, 2.24) is 9.13 Å². The van der Waals surface area contributed by atoms with Crippen LogP contribution in [0.15, 0.2) is 0 Å². The molecule has 0 aliphatic carbocycles. The Morgan fingerprint density at radius 1 is 0.857 bits per heavy atom. The van der Waals surface area contributed by atoms with Gasteiger partial charge < -0.3 is 9.13 Å². The number of hydrogen-bond donors (Lipinski definition) is 0. The average Bonchev–Trinajstić information content (AvgIpc) is 2.23. The smallest absolute Gasteiger partial charge is 0.180 e.